The summed E-state index contributed by atoms with van der Waals surface area (Å²) >= 11 is 3.45. The summed E-state index contributed by atoms with van der Waals surface area (Å²) < 4.78 is 1.10. The van der Waals surface area contributed by atoms with E-state index in [9.17, 15) is 4.79 Å². The Kier molecular flexibility index (Phi) is 10.0. The molecule has 0 aromatic heterocycles. The van der Waals surface area contributed by atoms with Gasteiger partial charge in [-0.15, -0.1) is 24.8 Å². The van der Waals surface area contributed by atoms with Crippen LogP contribution in [0.5, 0.6) is 0 Å². The molecule has 1 atom stereocenters. The number of amides is 1. The second-order valence-corrected chi connectivity index (χ2v) is 5.84. The Labute approximate surface area is 146 Å². The first kappa shape index (κ1) is 20.5. The first-order chi connectivity index (χ1) is 9.19. The fraction of sp³-hybridized carbons (Fsp3) is 0.500. The molecule has 1 fully saturated rings. The van der Waals surface area contributed by atoms with Crippen LogP contribution in [-0.2, 0) is 4.79 Å². The van der Waals surface area contributed by atoms with Crippen molar-refractivity contribution in [3.8, 4) is 0 Å². The molecule has 1 heterocycles. The van der Waals surface area contributed by atoms with Crippen LogP contribution in [0.15, 0.2) is 28.7 Å². The summed E-state index contributed by atoms with van der Waals surface area (Å²) in [5.41, 5.74) is 6.60. The van der Waals surface area contributed by atoms with Crippen molar-refractivity contribution in [1.29, 1.82) is 0 Å². The topological polar surface area (TPSA) is 58.4 Å². The average Bonchev–Trinajstić information content (AvgIpc) is 2.86. The Morgan fingerprint density at radius 3 is 2.62 bits per heavy atom. The van der Waals surface area contributed by atoms with Crippen LogP contribution >= 0.6 is 40.7 Å². The molecule has 1 aliphatic rings. The Bertz CT molecular complexity index is 431. The lowest BCUT2D eigenvalue weighted by Gasteiger charge is -2.19. The lowest BCUT2D eigenvalue weighted by Crippen LogP contribution is -2.32. The number of benzene rings is 1. The number of nitrogens with one attached hydrogen (secondary N) is 1. The number of nitrogens with two attached hydrogens (primary N) is 1. The van der Waals surface area contributed by atoms with E-state index in [-0.39, 0.29) is 30.7 Å². The summed E-state index contributed by atoms with van der Waals surface area (Å²) in [7, 11) is 0. The van der Waals surface area contributed by atoms with Gasteiger partial charge in [-0.05, 0) is 36.6 Å². The number of hydrogen-bond donors (Lipinski definition) is 2. The van der Waals surface area contributed by atoms with Crippen LogP contribution in [0.2, 0.25) is 0 Å². The van der Waals surface area contributed by atoms with Crippen molar-refractivity contribution in [1.82, 2.24) is 5.32 Å². The van der Waals surface area contributed by atoms with Gasteiger partial charge >= 0.3 is 0 Å². The van der Waals surface area contributed by atoms with E-state index >= 15 is 0 Å². The van der Waals surface area contributed by atoms with Crippen molar-refractivity contribution in [3.05, 3.63) is 28.7 Å². The zero-order valence-electron chi connectivity index (χ0n) is 11.8. The van der Waals surface area contributed by atoms with E-state index in [1.165, 1.54) is 5.69 Å². The molecule has 0 aliphatic carbocycles. The standard InChI is InChI=1S/C14H20BrN3O.2ClH/c15-12-1-3-13(4-2-12)18-8-6-11(10-18)9-17-14(19)5-7-16;;/h1-4,11H,5-10,16H2,(H,17,19);2*1H. The van der Waals surface area contributed by atoms with Crippen LogP contribution in [0.25, 0.3) is 0 Å². The molecule has 7 heteroatoms. The summed E-state index contributed by atoms with van der Waals surface area (Å²) in [6, 6.07) is 8.37. The Morgan fingerprint density at radius 1 is 1.33 bits per heavy atom. The molecule has 1 aromatic rings. The summed E-state index contributed by atoms with van der Waals surface area (Å²) in [5, 5.41) is 2.95. The van der Waals surface area contributed by atoms with Crippen molar-refractivity contribution in [3.63, 3.8) is 0 Å². The highest BCUT2D eigenvalue weighted by molar-refractivity contribution is 9.10. The molecule has 120 valence electrons. The number of carbonyl (C=O) groups is 1. The molecule has 0 bridgehead atoms. The summed E-state index contributed by atoms with van der Waals surface area (Å²) in [6.45, 7) is 3.23. The van der Waals surface area contributed by atoms with E-state index in [0.717, 1.165) is 30.5 Å². The number of hydrogen-bond acceptors (Lipinski definition) is 3. The first-order valence-corrected chi connectivity index (χ1v) is 7.45. The van der Waals surface area contributed by atoms with Gasteiger partial charge < -0.3 is 16.0 Å². The van der Waals surface area contributed by atoms with Gasteiger partial charge in [-0.3, -0.25) is 4.79 Å². The quantitative estimate of drug-likeness (QED) is 0.801. The summed E-state index contributed by atoms with van der Waals surface area (Å²) in [5.74, 6) is 0.593. The summed E-state index contributed by atoms with van der Waals surface area (Å²) in [4.78, 5) is 13.7. The van der Waals surface area contributed by atoms with Crippen LogP contribution in [-0.4, -0.2) is 32.1 Å². The first-order valence-electron chi connectivity index (χ1n) is 6.66. The molecule has 3 N–H and O–H groups in total. The molecule has 0 radical (unpaired) electrons. The van der Waals surface area contributed by atoms with Crippen molar-refractivity contribution < 1.29 is 4.79 Å². The monoisotopic (exact) mass is 397 g/mol. The zero-order chi connectivity index (χ0) is 13.7. The molecule has 1 aliphatic heterocycles. The fourth-order valence-corrected chi connectivity index (χ4v) is 2.63. The minimum Gasteiger partial charge on any atom is -0.371 e. The van der Waals surface area contributed by atoms with Gasteiger partial charge in [0.05, 0.1) is 0 Å². The van der Waals surface area contributed by atoms with Gasteiger partial charge in [-0.1, -0.05) is 15.9 Å². The van der Waals surface area contributed by atoms with Crippen LogP contribution < -0.4 is 16.0 Å². The maximum Gasteiger partial charge on any atom is 0.221 e. The minimum absolute atomic E-state index is 0. The highest BCUT2D eigenvalue weighted by atomic mass is 79.9. The maximum atomic E-state index is 11.4. The molecule has 1 unspecified atom stereocenters. The van der Waals surface area contributed by atoms with Crippen molar-refractivity contribution >= 4 is 52.3 Å². The van der Waals surface area contributed by atoms with E-state index in [0.29, 0.717) is 18.9 Å². The number of rotatable bonds is 5. The molecule has 2 rings (SSSR count). The third-order valence-corrected chi connectivity index (χ3v) is 3.97. The molecule has 0 spiro atoms. The minimum atomic E-state index is 0. The predicted molar refractivity (Wildman–Crippen MR) is 95.6 cm³/mol. The molecule has 0 saturated carbocycles. The zero-order valence-corrected chi connectivity index (χ0v) is 15.0. The van der Waals surface area contributed by atoms with Gasteiger partial charge in [0.1, 0.15) is 0 Å². The number of carbonyl (C=O) groups excluding carboxylic acids is 1. The largest absolute Gasteiger partial charge is 0.371 e. The van der Waals surface area contributed by atoms with Crippen molar-refractivity contribution in [2.24, 2.45) is 11.7 Å². The second-order valence-electron chi connectivity index (χ2n) is 4.92. The fourth-order valence-electron chi connectivity index (χ4n) is 2.36. The van der Waals surface area contributed by atoms with Crippen LogP contribution in [0, 0.1) is 5.92 Å². The van der Waals surface area contributed by atoms with Gasteiger partial charge in [0.2, 0.25) is 5.91 Å². The average molecular weight is 399 g/mol. The Hall–Kier alpha value is -0.490. The molecular weight excluding hydrogens is 377 g/mol. The lowest BCUT2D eigenvalue weighted by molar-refractivity contribution is -0.121. The summed E-state index contributed by atoms with van der Waals surface area (Å²) in [6.07, 6.45) is 1.54. The molecular formula is C14H22BrCl2N3O. The van der Waals surface area contributed by atoms with Gasteiger partial charge in [0.25, 0.3) is 0 Å². The lowest BCUT2D eigenvalue weighted by atomic mass is 10.1. The smallest absolute Gasteiger partial charge is 0.221 e. The number of nitrogens with zero attached hydrogens (tertiary/aromatic N) is 1. The van der Waals surface area contributed by atoms with Gasteiger partial charge in [-0.25, -0.2) is 0 Å². The predicted octanol–water partition coefficient (Wildman–Crippen LogP) is 2.58. The molecule has 1 aromatic carbocycles. The van der Waals surface area contributed by atoms with Crippen molar-refractivity contribution in [2.75, 3.05) is 31.1 Å². The number of anilines is 1. The third kappa shape index (κ3) is 6.43. The number of halogens is 3. The third-order valence-electron chi connectivity index (χ3n) is 3.44. The van der Waals surface area contributed by atoms with Crippen LogP contribution in [0.1, 0.15) is 12.8 Å². The normalized spacial score (nSPS) is 16.9. The SMILES string of the molecule is Cl.Cl.NCCC(=O)NCC1CCN(c2ccc(Br)cc2)C1. The van der Waals surface area contributed by atoms with E-state index in [1.54, 1.807) is 0 Å². The van der Waals surface area contributed by atoms with Crippen LogP contribution in [0.3, 0.4) is 0 Å². The van der Waals surface area contributed by atoms with E-state index in [2.05, 4.69) is 50.4 Å². The molecule has 1 amide bonds. The van der Waals surface area contributed by atoms with Gasteiger partial charge in [0, 0.05) is 42.8 Å². The van der Waals surface area contributed by atoms with Gasteiger partial charge in [0.15, 0.2) is 0 Å². The molecule has 1 saturated heterocycles. The van der Waals surface area contributed by atoms with E-state index in [4.69, 9.17) is 5.73 Å². The highest BCUT2D eigenvalue weighted by Gasteiger charge is 2.22. The Balaban J connectivity index is 0.00000200. The van der Waals surface area contributed by atoms with E-state index < -0.39 is 0 Å². The second kappa shape index (κ2) is 10.3. The van der Waals surface area contributed by atoms with Crippen LogP contribution in [0.4, 0.5) is 5.69 Å². The highest BCUT2D eigenvalue weighted by Crippen LogP contribution is 2.24. The Morgan fingerprint density at radius 2 is 2.00 bits per heavy atom. The van der Waals surface area contributed by atoms with Gasteiger partial charge in [-0.2, -0.15) is 0 Å². The molecule has 4 nitrogen and oxygen atoms in total. The maximum absolute atomic E-state index is 11.4. The van der Waals surface area contributed by atoms with Crippen molar-refractivity contribution in [2.45, 2.75) is 12.8 Å². The van der Waals surface area contributed by atoms with E-state index in [1.807, 2.05) is 0 Å². The molecule has 21 heavy (non-hydrogen) atoms.